The third-order valence-electron chi connectivity index (χ3n) is 4.48. The number of rotatable bonds is 4. The molecule has 3 rings (SSSR count). The molecule has 0 aliphatic carbocycles. The molecular formula is C20H24N4. The van der Waals surface area contributed by atoms with E-state index in [1.165, 1.54) is 11.3 Å². The Balaban J connectivity index is 1.76. The molecule has 1 aliphatic rings. The van der Waals surface area contributed by atoms with E-state index in [9.17, 15) is 5.26 Å². The maximum atomic E-state index is 9.39. The van der Waals surface area contributed by atoms with Crippen LogP contribution in [0.25, 0.3) is 0 Å². The van der Waals surface area contributed by atoms with Gasteiger partial charge in [0.25, 0.3) is 0 Å². The first-order valence-corrected chi connectivity index (χ1v) is 8.47. The zero-order valence-corrected chi connectivity index (χ0v) is 14.3. The van der Waals surface area contributed by atoms with Gasteiger partial charge in [0.1, 0.15) is 0 Å². The molecular weight excluding hydrogens is 296 g/mol. The summed E-state index contributed by atoms with van der Waals surface area (Å²) in [5.41, 5.74) is 5.30. The molecule has 2 aromatic carbocycles. The molecule has 0 saturated carbocycles. The molecule has 2 N–H and O–H groups in total. The number of hydrogen-bond acceptors (Lipinski definition) is 4. The van der Waals surface area contributed by atoms with Crippen LogP contribution in [0.5, 0.6) is 0 Å². The second-order valence-corrected chi connectivity index (χ2v) is 6.47. The smallest absolute Gasteiger partial charge is 0.0995 e. The van der Waals surface area contributed by atoms with Crippen molar-refractivity contribution in [3.8, 4) is 6.07 Å². The molecule has 24 heavy (non-hydrogen) atoms. The molecule has 124 valence electrons. The second-order valence-electron chi connectivity index (χ2n) is 6.47. The highest BCUT2D eigenvalue weighted by Crippen LogP contribution is 2.22. The summed E-state index contributed by atoms with van der Waals surface area (Å²) in [6.07, 6.45) is 0. The van der Waals surface area contributed by atoms with E-state index in [0.717, 1.165) is 36.4 Å². The number of nitrogens with zero attached hydrogens (tertiary/aromatic N) is 2. The van der Waals surface area contributed by atoms with Crippen LogP contribution in [0.1, 0.15) is 23.6 Å². The third-order valence-corrected chi connectivity index (χ3v) is 4.48. The van der Waals surface area contributed by atoms with E-state index < -0.39 is 0 Å². The maximum absolute atomic E-state index is 9.39. The lowest BCUT2D eigenvalue weighted by molar-refractivity contribution is 0.485. The van der Waals surface area contributed by atoms with Crippen LogP contribution in [0.4, 0.5) is 11.4 Å². The van der Waals surface area contributed by atoms with Crippen molar-refractivity contribution < 1.29 is 0 Å². The predicted octanol–water partition coefficient (Wildman–Crippen LogP) is 3.28. The molecule has 1 saturated heterocycles. The molecule has 0 bridgehead atoms. The maximum Gasteiger partial charge on any atom is 0.0995 e. The zero-order valence-electron chi connectivity index (χ0n) is 14.3. The number of anilines is 2. The van der Waals surface area contributed by atoms with Gasteiger partial charge in [0.05, 0.1) is 11.6 Å². The summed E-state index contributed by atoms with van der Waals surface area (Å²) >= 11 is 0. The Morgan fingerprint density at radius 3 is 2.75 bits per heavy atom. The van der Waals surface area contributed by atoms with Crippen LogP contribution in [0, 0.1) is 18.3 Å². The lowest BCUT2D eigenvalue weighted by Crippen LogP contribution is -2.49. The molecule has 1 aliphatic heterocycles. The molecule has 0 aromatic heterocycles. The Labute approximate surface area is 144 Å². The van der Waals surface area contributed by atoms with E-state index in [1.54, 1.807) is 0 Å². The fourth-order valence-corrected chi connectivity index (χ4v) is 3.07. The van der Waals surface area contributed by atoms with Gasteiger partial charge in [-0.05, 0) is 49.7 Å². The first kappa shape index (κ1) is 16.4. The normalized spacial score (nSPS) is 17.4. The third kappa shape index (κ3) is 3.87. The van der Waals surface area contributed by atoms with E-state index in [4.69, 9.17) is 0 Å². The average molecular weight is 320 g/mol. The van der Waals surface area contributed by atoms with E-state index in [0.29, 0.717) is 12.6 Å². The number of aryl methyl sites for hydroxylation is 1. The van der Waals surface area contributed by atoms with E-state index in [2.05, 4.69) is 71.8 Å². The SMILES string of the molecule is Cc1ccc(NCc2cc(N3CCNC(C)C3)ccc2C#N)cc1. The minimum Gasteiger partial charge on any atom is -0.381 e. The van der Waals surface area contributed by atoms with Crippen LogP contribution in [-0.2, 0) is 6.54 Å². The molecule has 1 fully saturated rings. The van der Waals surface area contributed by atoms with Crippen LogP contribution in [-0.4, -0.2) is 25.7 Å². The van der Waals surface area contributed by atoms with Crippen LogP contribution in [0.15, 0.2) is 42.5 Å². The van der Waals surface area contributed by atoms with Gasteiger partial charge < -0.3 is 15.5 Å². The van der Waals surface area contributed by atoms with Crippen molar-refractivity contribution in [1.82, 2.24) is 5.32 Å². The lowest BCUT2D eigenvalue weighted by Gasteiger charge is -2.34. The van der Waals surface area contributed by atoms with Crippen molar-refractivity contribution in [1.29, 1.82) is 5.26 Å². The van der Waals surface area contributed by atoms with Crippen molar-refractivity contribution >= 4 is 11.4 Å². The molecule has 1 atom stereocenters. The lowest BCUT2D eigenvalue weighted by atomic mass is 10.1. The largest absolute Gasteiger partial charge is 0.381 e. The number of nitrogens with one attached hydrogen (secondary N) is 2. The fraction of sp³-hybridized carbons (Fsp3) is 0.350. The summed E-state index contributed by atoms with van der Waals surface area (Å²) in [4.78, 5) is 2.39. The Morgan fingerprint density at radius 1 is 1.25 bits per heavy atom. The standard InChI is InChI=1S/C20H24N4/c1-15-3-6-19(7-4-15)23-13-18-11-20(8-5-17(18)12-21)24-10-9-22-16(2)14-24/h3-8,11,16,22-23H,9-10,13-14H2,1-2H3. The molecule has 4 nitrogen and oxygen atoms in total. The summed E-state index contributed by atoms with van der Waals surface area (Å²) in [5.74, 6) is 0. The van der Waals surface area contributed by atoms with Gasteiger partial charge in [0.15, 0.2) is 0 Å². The number of hydrogen-bond donors (Lipinski definition) is 2. The fourth-order valence-electron chi connectivity index (χ4n) is 3.07. The quantitative estimate of drug-likeness (QED) is 0.908. The zero-order chi connectivity index (χ0) is 16.9. The van der Waals surface area contributed by atoms with Crippen LogP contribution in [0.3, 0.4) is 0 Å². The number of nitriles is 1. The van der Waals surface area contributed by atoms with Crippen LogP contribution in [0.2, 0.25) is 0 Å². The second kappa shape index (κ2) is 7.37. The molecule has 0 spiro atoms. The first-order chi connectivity index (χ1) is 11.7. The molecule has 1 heterocycles. The summed E-state index contributed by atoms with van der Waals surface area (Å²) < 4.78 is 0. The highest BCUT2D eigenvalue weighted by atomic mass is 15.2. The summed E-state index contributed by atoms with van der Waals surface area (Å²) in [6.45, 7) is 7.93. The number of piperazine rings is 1. The molecule has 0 amide bonds. The van der Waals surface area contributed by atoms with Crippen molar-refractivity contribution in [2.75, 3.05) is 29.9 Å². The van der Waals surface area contributed by atoms with Crippen molar-refractivity contribution in [3.63, 3.8) is 0 Å². The van der Waals surface area contributed by atoms with Gasteiger partial charge in [0, 0.05) is 43.6 Å². The van der Waals surface area contributed by atoms with Crippen LogP contribution < -0.4 is 15.5 Å². The van der Waals surface area contributed by atoms with Gasteiger partial charge >= 0.3 is 0 Å². The Hall–Kier alpha value is -2.51. The van der Waals surface area contributed by atoms with Gasteiger partial charge in [-0.2, -0.15) is 5.26 Å². The van der Waals surface area contributed by atoms with E-state index in [1.807, 2.05) is 6.07 Å². The van der Waals surface area contributed by atoms with Gasteiger partial charge in [-0.15, -0.1) is 0 Å². The topological polar surface area (TPSA) is 51.1 Å². The minimum absolute atomic E-state index is 0.489. The minimum atomic E-state index is 0.489. The summed E-state index contributed by atoms with van der Waals surface area (Å²) in [6, 6.07) is 17.3. The highest BCUT2D eigenvalue weighted by Gasteiger charge is 2.16. The van der Waals surface area contributed by atoms with Crippen molar-refractivity contribution in [2.24, 2.45) is 0 Å². The molecule has 4 heteroatoms. The van der Waals surface area contributed by atoms with E-state index in [-0.39, 0.29) is 0 Å². The molecule has 1 unspecified atom stereocenters. The summed E-state index contributed by atoms with van der Waals surface area (Å²) in [5, 5.41) is 16.3. The summed E-state index contributed by atoms with van der Waals surface area (Å²) in [7, 11) is 0. The monoisotopic (exact) mass is 320 g/mol. The van der Waals surface area contributed by atoms with Gasteiger partial charge in [-0.1, -0.05) is 17.7 Å². The van der Waals surface area contributed by atoms with E-state index >= 15 is 0 Å². The first-order valence-electron chi connectivity index (χ1n) is 8.47. The Kier molecular flexibility index (Phi) is 5.02. The number of benzene rings is 2. The van der Waals surface area contributed by atoms with Gasteiger partial charge in [-0.25, -0.2) is 0 Å². The van der Waals surface area contributed by atoms with Crippen LogP contribution >= 0.6 is 0 Å². The molecule has 2 aromatic rings. The van der Waals surface area contributed by atoms with Gasteiger partial charge in [0.2, 0.25) is 0 Å². The van der Waals surface area contributed by atoms with Crippen molar-refractivity contribution in [2.45, 2.75) is 26.4 Å². The predicted molar refractivity (Wildman–Crippen MR) is 99.3 cm³/mol. The molecule has 0 radical (unpaired) electrons. The highest BCUT2D eigenvalue weighted by molar-refractivity contribution is 5.55. The van der Waals surface area contributed by atoms with Crippen molar-refractivity contribution in [3.05, 3.63) is 59.2 Å². The van der Waals surface area contributed by atoms with Gasteiger partial charge in [-0.3, -0.25) is 0 Å². The average Bonchev–Trinajstić information content (AvgIpc) is 2.61. The Bertz CT molecular complexity index is 730. The Morgan fingerprint density at radius 2 is 2.04 bits per heavy atom.